The van der Waals surface area contributed by atoms with Crippen molar-refractivity contribution in [3.05, 3.63) is 58.7 Å². The molecule has 0 aliphatic carbocycles. The number of hydrogen-bond acceptors (Lipinski definition) is 3. The van der Waals surface area contributed by atoms with Gasteiger partial charge in [0.1, 0.15) is 17.6 Å². The van der Waals surface area contributed by atoms with Crippen LogP contribution in [0.15, 0.2) is 36.4 Å². The van der Waals surface area contributed by atoms with Crippen molar-refractivity contribution in [3.8, 4) is 11.5 Å². The van der Waals surface area contributed by atoms with E-state index in [1.807, 2.05) is 30.3 Å². The van der Waals surface area contributed by atoms with Crippen molar-refractivity contribution < 1.29 is 14.6 Å². The second-order valence-electron chi connectivity index (χ2n) is 5.10. The van der Waals surface area contributed by atoms with Gasteiger partial charge in [0, 0.05) is 5.56 Å². The highest BCUT2D eigenvalue weighted by Gasteiger charge is 2.25. The second-order valence-corrected chi connectivity index (χ2v) is 5.10. The van der Waals surface area contributed by atoms with Crippen molar-refractivity contribution in [2.24, 2.45) is 0 Å². The topological polar surface area (TPSA) is 46.5 Å². The number of phenolic OH excluding ortho intramolecular Hbond substituents is 1. The van der Waals surface area contributed by atoms with E-state index in [9.17, 15) is 9.90 Å². The van der Waals surface area contributed by atoms with Crippen LogP contribution in [0.1, 0.15) is 39.6 Å². The quantitative estimate of drug-likeness (QED) is 0.847. The van der Waals surface area contributed by atoms with E-state index < -0.39 is 0 Å². The van der Waals surface area contributed by atoms with Gasteiger partial charge in [0.2, 0.25) is 0 Å². The molecule has 0 aromatic heterocycles. The van der Waals surface area contributed by atoms with E-state index in [0.29, 0.717) is 23.2 Å². The third-order valence-corrected chi connectivity index (χ3v) is 3.82. The molecule has 0 saturated heterocycles. The summed E-state index contributed by atoms with van der Waals surface area (Å²) >= 11 is 0. The monoisotopic (exact) mass is 268 g/mol. The molecule has 102 valence electrons. The van der Waals surface area contributed by atoms with E-state index >= 15 is 0 Å². The molecule has 0 spiro atoms. The van der Waals surface area contributed by atoms with Gasteiger partial charge in [0.15, 0.2) is 6.29 Å². The lowest BCUT2D eigenvalue weighted by molar-refractivity contribution is 0.112. The van der Waals surface area contributed by atoms with Crippen molar-refractivity contribution in [2.45, 2.75) is 25.9 Å². The molecular weight excluding hydrogens is 252 g/mol. The van der Waals surface area contributed by atoms with E-state index in [0.717, 1.165) is 24.0 Å². The Balaban J connectivity index is 1.99. The van der Waals surface area contributed by atoms with Crippen LogP contribution in [0.3, 0.4) is 0 Å². The summed E-state index contributed by atoms with van der Waals surface area (Å²) in [5.74, 6) is 0.737. The van der Waals surface area contributed by atoms with Crippen LogP contribution in [0, 0.1) is 6.92 Å². The van der Waals surface area contributed by atoms with Crippen molar-refractivity contribution in [3.63, 3.8) is 0 Å². The van der Waals surface area contributed by atoms with Gasteiger partial charge >= 0.3 is 0 Å². The maximum Gasteiger partial charge on any atom is 0.153 e. The van der Waals surface area contributed by atoms with E-state index in [1.165, 1.54) is 0 Å². The predicted octanol–water partition coefficient (Wildman–Crippen LogP) is 3.58. The fraction of sp³-hybridized carbons (Fsp3) is 0.235. The zero-order chi connectivity index (χ0) is 14.1. The molecule has 20 heavy (non-hydrogen) atoms. The number of carbonyl (C=O) groups is 1. The number of ether oxygens (including phenoxy) is 1. The third kappa shape index (κ3) is 2.05. The van der Waals surface area contributed by atoms with Gasteiger partial charge in [-0.25, -0.2) is 0 Å². The SMILES string of the molecule is Cc1c(O)c(C=O)cc2c1OC(c1ccccc1)CC2. The number of fused-ring (bicyclic) bond motifs is 1. The minimum absolute atomic E-state index is 0.00359. The van der Waals surface area contributed by atoms with E-state index in [2.05, 4.69) is 0 Å². The Kier molecular flexibility index (Phi) is 3.18. The van der Waals surface area contributed by atoms with Crippen LogP contribution in [0.5, 0.6) is 11.5 Å². The molecule has 3 rings (SSSR count). The number of carbonyl (C=O) groups excluding carboxylic acids is 1. The van der Waals surface area contributed by atoms with Crippen molar-refractivity contribution in [1.82, 2.24) is 0 Å². The Morgan fingerprint density at radius 2 is 2.05 bits per heavy atom. The van der Waals surface area contributed by atoms with Crippen LogP contribution in [-0.4, -0.2) is 11.4 Å². The zero-order valence-electron chi connectivity index (χ0n) is 11.3. The standard InChI is InChI=1S/C17H16O3/c1-11-16(19)14(10-18)9-13-7-8-15(20-17(11)13)12-5-3-2-4-6-12/h2-6,9-10,15,19H,7-8H2,1H3. The lowest BCUT2D eigenvalue weighted by Gasteiger charge is -2.28. The first-order valence-corrected chi connectivity index (χ1v) is 6.73. The first kappa shape index (κ1) is 12.7. The maximum atomic E-state index is 11.0. The summed E-state index contributed by atoms with van der Waals surface area (Å²) in [4.78, 5) is 11.0. The summed E-state index contributed by atoms with van der Waals surface area (Å²) in [5, 5.41) is 10.00. The highest BCUT2D eigenvalue weighted by molar-refractivity contribution is 5.81. The van der Waals surface area contributed by atoms with Crippen LogP contribution >= 0.6 is 0 Å². The molecule has 1 atom stereocenters. The molecule has 0 amide bonds. The van der Waals surface area contributed by atoms with Crippen LogP contribution < -0.4 is 4.74 Å². The summed E-state index contributed by atoms with van der Waals surface area (Å²) < 4.78 is 6.05. The van der Waals surface area contributed by atoms with Gasteiger partial charge in [-0.15, -0.1) is 0 Å². The molecule has 0 fully saturated rings. The zero-order valence-corrected chi connectivity index (χ0v) is 11.3. The fourth-order valence-electron chi connectivity index (χ4n) is 2.72. The summed E-state index contributed by atoms with van der Waals surface area (Å²) in [5.41, 5.74) is 3.11. The molecule has 2 aromatic carbocycles. The molecule has 2 aromatic rings. The largest absolute Gasteiger partial charge is 0.507 e. The molecule has 0 radical (unpaired) electrons. The van der Waals surface area contributed by atoms with Gasteiger partial charge in [-0.3, -0.25) is 4.79 Å². The molecule has 1 aliphatic heterocycles. The predicted molar refractivity (Wildman–Crippen MR) is 76.4 cm³/mol. The van der Waals surface area contributed by atoms with E-state index in [-0.39, 0.29) is 11.9 Å². The highest BCUT2D eigenvalue weighted by Crippen LogP contribution is 2.41. The molecule has 1 unspecified atom stereocenters. The number of hydrogen-bond donors (Lipinski definition) is 1. The first-order chi connectivity index (χ1) is 9.70. The summed E-state index contributed by atoms with van der Waals surface area (Å²) in [7, 11) is 0. The van der Waals surface area contributed by atoms with Gasteiger partial charge in [-0.2, -0.15) is 0 Å². The van der Waals surface area contributed by atoms with Gasteiger partial charge in [0.05, 0.1) is 5.56 Å². The van der Waals surface area contributed by atoms with Crippen LogP contribution in [0.2, 0.25) is 0 Å². The van der Waals surface area contributed by atoms with E-state index in [4.69, 9.17) is 4.74 Å². The summed E-state index contributed by atoms with van der Waals surface area (Å²) in [6.07, 6.45) is 2.41. The molecule has 1 heterocycles. The summed E-state index contributed by atoms with van der Waals surface area (Å²) in [6.45, 7) is 1.79. The number of aromatic hydroxyl groups is 1. The third-order valence-electron chi connectivity index (χ3n) is 3.82. The van der Waals surface area contributed by atoms with Crippen LogP contribution in [0.25, 0.3) is 0 Å². The molecular formula is C17H16O3. The van der Waals surface area contributed by atoms with Gasteiger partial charge in [0.25, 0.3) is 0 Å². The van der Waals surface area contributed by atoms with Gasteiger partial charge < -0.3 is 9.84 Å². The fourth-order valence-corrected chi connectivity index (χ4v) is 2.72. The highest BCUT2D eigenvalue weighted by atomic mass is 16.5. The second kappa shape index (κ2) is 5.00. The smallest absolute Gasteiger partial charge is 0.153 e. The van der Waals surface area contributed by atoms with Gasteiger partial charge in [-0.1, -0.05) is 30.3 Å². The molecule has 1 N–H and O–H groups in total. The number of benzene rings is 2. The van der Waals surface area contributed by atoms with Crippen molar-refractivity contribution >= 4 is 6.29 Å². The number of rotatable bonds is 2. The number of phenols is 1. The van der Waals surface area contributed by atoms with Crippen LogP contribution in [-0.2, 0) is 6.42 Å². The summed E-state index contributed by atoms with van der Waals surface area (Å²) in [6, 6.07) is 11.8. The average molecular weight is 268 g/mol. The Bertz CT molecular complexity index is 647. The number of aryl methyl sites for hydroxylation is 1. The first-order valence-electron chi connectivity index (χ1n) is 6.73. The van der Waals surface area contributed by atoms with Crippen molar-refractivity contribution in [1.29, 1.82) is 0 Å². The van der Waals surface area contributed by atoms with E-state index in [1.54, 1.807) is 13.0 Å². The Morgan fingerprint density at radius 3 is 2.75 bits per heavy atom. The minimum Gasteiger partial charge on any atom is -0.507 e. The maximum absolute atomic E-state index is 11.0. The molecule has 0 bridgehead atoms. The number of aldehydes is 1. The normalized spacial score (nSPS) is 17.1. The van der Waals surface area contributed by atoms with Crippen LogP contribution in [0.4, 0.5) is 0 Å². The average Bonchev–Trinajstić information content (AvgIpc) is 2.51. The molecule has 0 saturated carbocycles. The Morgan fingerprint density at radius 1 is 1.30 bits per heavy atom. The molecule has 1 aliphatic rings. The Hall–Kier alpha value is -2.29. The lowest BCUT2D eigenvalue weighted by atomic mass is 9.94. The molecule has 3 nitrogen and oxygen atoms in total. The molecule has 3 heteroatoms. The van der Waals surface area contributed by atoms with Gasteiger partial charge in [-0.05, 0) is 37.0 Å². The lowest BCUT2D eigenvalue weighted by Crippen LogP contribution is -2.16. The van der Waals surface area contributed by atoms with Crippen molar-refractivity contribution in [2.75, 3.05) is 0 Å². The Labute approximate surface area is 117 Å². The minimum atomic E-state index is 0.00359.